The first kappa shape index (κ1) is 12.1. The molecule has 0 radical (unpaired) electrons. The molecule has 0 atom stereocenters. The van der Waals surface area contributed by atoms with Crippen LogP contribution in [0.15, 0.2) is 10.9 Å². The molecule has 1 rings (SSSR count). The van der Waals surface area contributed by atoms with E-state index in [9.17, 15) is 4.79 Å². The van der Waals surface area contributed by atoms with Crippen LogP contribution in [0.1, 0.15) is 25.0 Å². The van der Waals surface area contributed by atoms with Gasteiger partial charge in [-0.2, -0.15) is 0 Å². The highest BCUT2D eigenvalue weighted by molar-refractivity contribution is 7.07. The molecule has 0 aliphatic rings. The van der Waals surface area contributed by atoms with Crippen molar-refractivity contribution in [3.8, 4) is 0 Å². The van der Waals surface area contributed by atoms with E-state index in [0.717, 1.165) is 25.0 Å². The lowest BCUT2D eigenvalue weighted by atomic mass is 10.2. The molecular formula is C10H17N3OS. The number of rotatable bonds is 7. The SMILES string of the molecule is NCCCCC(=O)NCCc1cscn1. The Bertz CT molecular complexity index is 274. The maximum absolute atomic E-state index is 11.3. The molecule has 0 aliphatic heterocycles. The van der Waals surface area contributed by atoms with Gasteiger partial charge in [0.25, 0.3) is 0 Å². The van der Waals surface area contributed by atoms with Gasteiger partial charge in [-0.05, 0) is 19.4 Å². The molecule has 0 saturated carbocycles. The second-order valence-corrected chi connectivity index (χ2v) is 4.04. The lowest BCUT2D eigenvalue weighted by Gasteiger charge is -2.03. The van der Waals surface area contributed by atoms with Crippen LogP contribution in [0.5, 0.6) is 0 Å². The van der Waals surface area contributed by atoms with E-state index in [1.54, 1.807) is 16.8 Å². The van der Waals surface area contributed by atoms with E-state index in [-0.39, 0.29) is 5.91 Å². The quantitative estimate of drug-likeness (QED) is 0.681. The minimum Gasteiger partial charge on any atom is -0.356 e. The third kappa shape index (κ3) is 5.49. The van der Waals surface area contributed by atoms with Crippen molar-refractivity contribution in [1.82, 2.24) is 10.3 Å². The molecule has 4 nitrogen and oxygen atoms in total. The lowest BCUT2D eigenvalue weighted by Crippen LogP contribution is -2.25. The molecule has 84 valence electrons. The highest BCUT2D eigenvalue weighted by Crippen LogP contribution is 2.00. The van der Waals surface area contributed by atoms with E-state index < -0.39 is 0 Å². The zero-order valence-corrected chi connectivity index (χ0v) is 9.55. The van der Waals surface area contributed by atoms with E-state index in [2.05, 4.69) is 10.3 Å². The first-order valence-corrected chi connectivity index (χ1v) is 6.11. The highest BCUT2D eigenvalue weighted by Gasteiger charge is 2.00. The second kappa shape index (κ2) is 7.36. The fraction of sp³-hybridized carbons (Fsp3) is 0.600. The number of nitrogens with one attached hydrogen (secondary N) is 1. The molecule has 0 aliphatic carbocycles. The maximum Gasteiger partial charge on any atom is 0.220 e. The summed E-state index contributed by atoms with van der Waals surface area (Å²) in [6.07, 6.45) is 3.18. The van der Waals surface area contributed by atoms with Gasteiger partial charge in [0.1, 0.15) is 0 Å². The number of carbonyl (C=O) groups excluding carboxylic acids is 1. The van der Waals surface area contributed by atoms with Crippen LogP contribution in [-0.4, -0.2) is 24.0 Å². The smallest absolute Gasteiger partial charge is 0.220 e. The van der Waals surface area contributed by atoms with Crippen LogP contribution in [-0.2, 0) is 11.2 Å². The van der Waals surface area contributed by atoms with Crippen LogP contribution in [0, 0.1) is 0 Å². The summed E-state index contributed by atoms with van der Waals surface area (Å²) in [7, 11) is 0. The van der Waals surface area contributed by atoms with Gasteiger partial charge >= 0.3 is 0 Å². The summed E-state index contributed by atoms with van der Waals surface area (Å²) in [4.78, 5) is 15.4. The monoisotopic (exact) mass is 227 g/mol. The van der Waals surface area contributed by atoms with Gasteiger partial charge in [-0.3, -0.25) is 4.79 Å². The Labute approximate surface area is 93.9 Å². The van der Waals surface area contributed by atoms with E-state index in [1.807, 2.05) is 5.38 Å². The number of hydrogen-bond donors (Lipinski definition) is 2. The summed E-state index contributed by atoms with van der Waals surface area (Å²) in [6.45, 7) is 1.33. The van der Waals surface area contributed by atoms with Crippen molar-refractivity contribution in [2.24, 2.45) is 5.73 Å². The van der Waals surface area contributed by atoms with Gasteiger partial charge in [0, 0.05) is 24.8 Å². The van der Waals surface area contributed by atoms with E-state index in [1.165, 1.54) is 0 Å². The van der Waals surface area contributed by atoms with Gasteiger partial charge in [0.15, 0.2) is 0 Å². The van der Waals surface area contributed by atoms with Gasteiger partial charge in [-0.25, -0.2) is 4.98 Å². The Morgan fingerprint density at radius 2 is 2.40 bits per heavy atom. The predicted molar refractivity (Wildman–Crippen MR) is 61.7 cm³/mol. The normalized spacial score (nSPS) is 10.2. The molecular weight excluding hydrogens is 210 g/mol. The van der Waals surface area contributed by atoms with Crippen molar-refractivity contribution in [3.63, 3.8) is 0 Å². The Balaban J connectivity index is 2.02. The van der Waals surface area contributed by atoms with E-state index in [4.69, 9.17) is 5.73 Å². The summed E-state index contributed by atoms with van der Waals surface area (Å²) >= 11 is 1.58. The number of carbonyl (C=O) groups is 1. The van der Waals surface area contributed by atoms with Gasteiger partial charge in [0.05, 0.1) is 11.2 Å². The number of nitrogens with zero attached hydrogens (tertiary/aromatic N) is 1. The largest absolute Gasteiger partial charge is 0.356 e. The number of aromatic nitrogens is 1. The van der Waals surface area contributed by atoms with Gasteiger partial charge < -0.3 is 11.1 Å². The molecule has 15 heavy (non-hydrogen) atoms. The van der Waals surface area contributed by atoms with Crippen LogP contribution in [0.4, 0.5) is 0 Å². The molecule has 0 fully saturated rings. The summed E-state index contributed by atoms with van der Waals surface area (Å²) in [5, 5.41) is 4.87. The van der Waals surface area contributed by atoms with E-state index >= 15 is 0 Å². The number of amides is 1. The molecule has 5 heteroatoms. The van der Waals surface area contributed by atoms with Crippen LogP contribution in [0.3, 0.4) is 0 Å². The molecule has 3 N–H and O–H groups in total. The second-order valence-electron chi connectivity index (χ2n) is 3.33. The minimum absolute atomic E-state index is 0.110. The summed E-state index contributed by atoms with van der Waals surface area (Å²) in [6, 6.07) is 0. The Kier molecular flexibility index (Phi) is 5.96. The number of hydrogen-bond acceptors (Lipinski definition) is 4. The molecule has 1 aromatic heterocycles. The zero-order valence-electron chi connectivity index (χ0n) is 8.74. The minimum atomic E-state index is 0.110. The van der Waals surface area contributed by atoms with Crippen LogP contribution >= 0.6 is 11.3 Å². The van der Waals surface area contributed by atoms with Crippen LogP contribution in [0.25, 0.3) is 0 Å². The van der Waals surface area contributed by atoms with Crippen LogP contribution in [0.2, 0.25) is 0 Å². The summed E-state index contributed by atoms with van der Waals surface area (Å²) in [5.41, 5.74) is 8.19. The van der Waals surface area contributed by atoms with Crippen molar-refractivity contribution in [2.45, 2.75) is 25.7 Å². The topological polar surface area (TPSA) is 68.0 Å². The maximum atomic E-state index is 11.3. The van der Waals surface area contributed by atoms with Gasteiger partial charge in [-0.1, -0.05) is 0 Å². The first-order chi connectivity index (χ1) is 7.33. The Morgan fingerprint density at radius 1 is 1.53 bits per heavy atom. The number of nitrogens with two attached hydrogens (primary N) is 1. The van der Waals surface area contributed by atoms with Crippen LogP contribution < -0.4 is 11.1 Å². The average Bonchev–Trinajstić information content (AvgIpc) is 2.71. The standard InChI is InChI=1S/C10H17N3OS/c11-5-2-1-3-10(14)12-6-4-9-7-15-8-13-9/h7-8H,1-6,11H2,(H,12,14). The number of thiazole rings is 1. The molecule has 0 aromatic carbocycles. The Hall–Kier alpha value is -0.940. The molecule has 1 amide bonds. The van der Waals surface area contributed by atoms with Crippen molar-refractivity contribution >= 4 is 17.2 Å². The third-order valence-electron chi connectivity index (χ3n) is 2.04. The van der Waals surface area contributed by atoms with Crippen molar-refractivity contribution in [3.05, 3.63) is 16.6 Å². The molecule has 1 aromatic rings. The first-order valence-electron chi connectivity index (χ1n) is 5.16. The molecule has 0 bridgehead atoms. The molecule has 0 saturated heterocycles. The summed E-state index contributed by atoms with van der Waals surface area (Å²) in [5.74, 6) is 0.110. The average molecular weight is 227 g/mol. The molecule has 0 spiro atoms. The Morgan fingerprint density at radius 3 is 3.07 bits per heavy atom. The van der Waals surface area contributed by atoms with Crippen molar-refractivity contribution in [2.75, 3.05) is 13.1 Å². The van der Waals surface area contributed by atoms with E-state index in [0.29, 0.717) is 19.5 Å². The van der Waals surface area contributed by atoms with Gasteiger partial charge in [-0.15, -0.1) is 11.3 Å². The summed E-state index contributed by atoms with van der Waals surface area (Å²) < 4.78 is 0. The molecule has 1 heterocycles. The van der Waals surface area contributed by atoms with Crippen molar-refractivity contribution in [1.29, 1.82) is 0 Å². The zero-order chi connectivity index (χ0) is 10.9. The molecule has 0 unspecified atom stereocenters. The lowest BCUT2D eigenvalue weighted by molar-refractivity contribution is -0.121. The fourth-order valence-electron chi connectivity index (χ4n) is 1.21. The fourth-order valence-corrected chi connectivity index (χ4v) is 1.80. The predicted octanol–water partition coefficient (Wildman–Crippen LogP) is 0.931. The van der Waals surface area contributed by atoms with Gasteiger partial charge in [0.2, 0.25) is 5.91 Å². The van der Waals surface area contributed by atoms with Crippen molar-refractivity contribution < 1.29 is 4.79 Å². The number of unbranched alkanes of at least 4 members (excludes halogenated alkanes) is 1. The highest BCUT2D eigenvalue weighted by atomic mass is 32.1. The third-order valence-corrected chi connectivity index (χ3v) is 2.68.